The lowest BCUT2D eigenvalue weighted by Gasteiger charge is -2.13. The smallest absolute Gasteiger partial charge is 0.266 e. The number of rotatable bonds is 8. The van der Waals surface area contributed by atoms with Gasteiger partial charge in [0.1, 0.15) is 18.2 Å². The Hall–Kier alpha value is -3.46. The molecule has 0 radical (unpaired) electrons. The van der Waals surface area contributed by atoms with Crippen molar-refractivity contribution in [1.82, 2.24) is 0 Å². The molecule has 1 amide bonds. The fourth-order valence-corrected chi connectivity index (χ4v) is 3.35. The van der Waals surface area contributed by atoms with Crippen LogP contribution < -0.4 is 14.8 Å². The molecule has 3 aromatic rings. The van der Waals surface area contributed by atoms with Crippen molar-refractivity contribution in [2.24, 2.45) is 0 Å². The molecule has 7 heteroatoms. The highest BCUT2D eigenvalue weighted by molar-refractivity contribution is 6.42. The van der Waals surface area contributed by atoms with Crippen LogP contribution in [0.15, 0.2) is 66.2 Å². The Labute approximate surface area is 203 Å². The molecule has 0 bridgehead atoms. The Kier molecular flexibility index (Phi) is 8.37. The van der Waals surface area contributed by atoms with E-state index in [-0.39, 0.29) is 12.2 Å². The molecule has 0 aliphatic rings. The van der Waals surface area contributed by atoms with Gasteiger partial charge in [-0.2, -0.15) is 5.26 Å². The second kappa shape index (κ2) is 11.4. The van der Waals surface area contributed by atoms with Gasteiger partial charge in [-0.3, -0.25) is 4.79 Å². The Bertz CT molecular complexity index is 1230. The lowest BCUT2D eigenvalue weighted by molar-refractivity contribution is -0.112. The Morgan fingerprint density at radius 1 is 1.03 bits per heavy atom. The molecule has 3 rings (SSSR count). The minimum absolute atomic E-state index is 0.0246. The summed E-state index contributed by atoms with van der Waals surface area (Å²) in [5.74, 6) is 0.548. The van der Waals surface area contributed by atoms with E-state index in [4.69, 9.17) is 32.7 Å². The van der Waals surface area contributed by atoms with Crippen molar-refractivity contribution in [3.05, 3.63) is 93.0 Å². The summed E-state index contributed by atoms with van der Waals surface area (Å²) in [5.41, 5.74) is 3.10. The van der Waals surface area contributed by atoms with Gasteiger partial charge in [-0.1, -0.05) is 47.5 Å². The van der Waals surface area contributed by atoms with E-state index in [0.29, 0.717) is 39.4 Å². The van der Waals surface area contributed by atoms with E-state index in [2.05, 4.69) is 5.32 Å². The van der Waals surface area contributed by atoms with Crippen LogP contribution in [0, 0.1) is 18.3 Å². The average molecular weight is 481 g/mol. The van der Waals surface area contributed by atoms with Crippen molar-refractivity contribution < 1.29 is 14.3 Å². The Morgan fingerprint density at radius 3 is 2.55 bits per heavy atom. The van der Waals surface area contributed by atoms with E-state index < -0.39 is 5.91 Å². The van der Waals surface area contributed by atoms with Crippen LogP contribution in [0.25, 0.3) is 6.08 Å². The van der Waals surface area contributed by atoms with Crippen LogP contribution in [-0.4, -0.2) is 12.5 Å². The number of benzene rings is 3. The number of hydrogen-bond donors (Lipinski definition) is 1. The molecule has 0 heterocycles. The minimum atomic E-state index is -0.485. The van der Waals surface area contributed by atoms with Gasteiger partial charge in [-0.25, -0.2) is 0 Å². The Balaban J connectivity index is 1.78. The minimum Gasteiger partial charge on any atom is -0.490 e. The zero-order chi connectivity index (χ0) is 23.8. The molecule has 0 aliphatic heterocycles. The summed E-state index contributed by atoms with van der Waals surface area (Å²) < 4.78 is 11.6. The normalized spacial score (nSPS) is 10.9. The highest BCUT2D eigenvalue weighted by Gasteiger charge is 2.12. The number of amides is 1. The first-order valence-corrected chi connectivity index (χ1v) is 11.0. The van der Waals surface area contributed by atoms with Crippen LogP contribution in [-0.2, 0) is 11.4 Å². The summed E-state index contributed by atoms with van der Waals surface area (Å²) in [6.07, 6.45) is 1.51. The number of carbonyl (C=O) groups excluding carboxylic acids is 1. The molecule has 0 saturated carbocycles. The number of carbonyl (C=O) groups is 1. The molecule has 0 unspecified atom stereocenters. The van der Waals surface area contributed by atoms with Crippen molar-refractivity contribution >= 4 is 40.9 Å². The number of aryl methyl sites for hydroxylation is 1. The zero-order valence-electron chi connectivity index (χ0n) is 18.2. The second-order valence-corrected chi connectivity index (χ2v) is 7.98. The predicted octanol–water partition coefficient (Wildman–Crippen LogP) is 6.83. The number of hydrogen-bond acceptors (Lipinski definition) is 4. The van der Waals surface area contributed by atoms with Crippen LogP contribution in [0.4, 0.5) is 5.69 Å². The quantitative estimate of drug-likeness (QED) is 0.283. The van der Waals surface area contributed by atoms with Crippen molar-refractivity contribution in [2.75, 3.05) is 11.9 Å². The van der Waals surface area contributed by atoms with E-state index >= 15 is 0 Å². The number of ether oxygens (including phenoxy) is 2. The van der Waals surface area contributed by atoms with Gasteiger partial charge in [0.15, 0.2) is 11.5 Å². The highest BCUT2D eigenvalue weighted by atomic mass is 35.5. The summed E-state index contributed by atoms with van der Waals surface area (Å²) in [6.45, 7) is 4.49. The van der Waals surface area contributed by atoms with Crippen molar-refractivity contribution in [2.45, 2.75) is 20.5 Å². The highest BCUT2D eigenvalue weighted by Crippen LogP contribution is 2.31. The second-order valence-electron chi connectivity index (χ2n) is 7.17. The lowest BCUT2D eigenvalue weighted by Crippen LogP contribution is -2.13. The first-order chi connectivity index (χ1) is 15.9. The summed E-state index contributed by atoms with van der Waals surface area (Å²) in [7, 11) is 0. The molecule has 0 atom stereocenters. The third-order valence-corrected chi connectivity index (χ3v) is 5.34. The molecule has 0 fully saturated rings. The number of nitrogens with one attached hydrogen (secondary N) is 1. The van der Waals surface area contributed by atoms with Gasteiger partial charge in [0.2, 0.25) is 0 Å². The first kappa shape index (κ1) is 24.2. The van der Waals surface area contributed by atoms with Crippen LogP contribution in [0.1, 0.15) is 23.6 Å². The lowest BCUT2D eigenvalue weighted by atomic mass is 10.1. The van der Waals surface area contributed by atoms with Gasteiger partial charge in [-0.15, -0.1) is 0 Å². The summed E-state index contributed by atoms with van der Waals surface area (Å²) in [4.78, 5) is 12.6. The standard InChI is InChI=1S/C26H22Cl2N2O3/c1-3-32-25-14-18(8-10-24(25)33-16-19-7-9-22(27)23(28)13-19)12-20(15-29)26(31)30-21-6-4-5-17(2)11-21/h4-14H,3,16H2,1-2H3,(H,30,31)/b20-12-. The molecule has 33 heavy (non-hydrogen) atoms. The molecular weight excluding hydrogens is 459 g/mol. The SMILES string of the molecule is CCOc1cc(/C=C(/C#N)C(=O)Nc2cccc(C)c2)ccc1OCc1ccc(Cl)c(Cl)c1. The fraction of sp³-hybridized carbons (Fsp3) is 0.154. The Morgan fingerprint density at radius 2 is 1.85 bits per heavy atom. The maximum atomic E-state index is 12.6. The van der Waals surface area contributed by atoms with Gasteiger partial charge in [0.05, 0.1) is 16.7 Å². The van der Waals surface area contributed by atoms with Crippen LogP contribution >= 0.6 is 23.2 Å². The molecule has 0 saturated heterocycles. The average Bonchev–Trinajstić information content (AvgIpc) is 2.79. The predicted molar refractivity (Wildman–Crippen MR) is 132 cm³/mol. The van der Waals surface area contributed by atoms with Crippen molar-refractivity contribution in [1.29, 1.82) is 5.26 Å². The number of nitriles is 1. The van der Waals surface area contributed by atoms with Crippen LogP contribution in [0.5, 0.6) is 11.5 Å². The van der Waals surface area contributed by atoms with Gasteiger partial charge in [-0.05, 0) is 73.0 Å². The molecule has 1 N–H and O–H groups in total. The van der Waals surface area contributed by atoms with Gasteiger partial charge in [0.25, 0.3) is 5.91 Å². The van der Waals surface area contributed by atoms with Crippen molar-refractivity contribution in [3.8, 4) is 17.6 Å². The molecule has 3 aromatic carbocycles. The van der Waals surface area contributed by atoms with Gasteiger partial charge >= 0.3 is 0 Å². The summed E-state index contributed by atoms with van der Waals surface area (Å²) >= 11 is 12.0. The zero-order valence-corrected chi connectivity index (χ0v) is 19.7. The van der Waals surface area contributed by atoms with Gasteiger partial charge < -0.3 is 14.8 Å². The molecule has 0 aliphatic carbocycles. The number of halogens is 2. The van der Waals surface area contributed by atoms with E-state index in [1.54, 1.807) is 36.4 Å². The van der Waals surface area contributed by atoms with Crippen molar-refractivity contribution in [3.63, 3.8) is 0 Å². The van der Waals surface area contributed by atoms with E-state index in [9.17, 15) is 10.1 Å². The fourth-order valence-electron chi connectivity index (χ4n) is 3.03. The molecule has 0 aromatic heterocycles. The van der Waals surface area contributed by atoms with E-state index in [0.717, 1.165) is 11.1 Å². The third kappa shape index (κ3) is 6.76. The van der Waals surface area contributed by atoms with E-state index in [1.165, 1.54) is 6.08 Å². The first-order valence-electron chi connectivity index (χ1n) is 10.2. The van der Waals surface area contributed by atoms with E-state index in [1.807, 2.05) is 44.2 Å². The largest absolute Gasteiger partial charge is 0.490 e. The molecule has 5 nitrogen and oxygen atoms in total. The number of nitrogens with zero attached hydrogens (tertiary/aromatic N) is 1. The van der Waals surface area contributed by atoms with Crippen LogP contribution in [0.2, 0.25) is 10.0 Å². The molecule has 168 valence electrons. The maximum absolute atomic E-state index is 12.6. The monoisotopic (exact) mass is 480 g/mol. The van der Waals surface area contributed by atoms with Crippen LogP contribution in [0.3, 0.4) is 0 Å². The third-order valence-electron chi connectivity index (χ3n) is 4.60. The van der Waals surface area contributed by atoms with Gasteiger partial charge in [0, 0.05) is 5.69 Å². The maximum Gasteiger partial charge on any atom is 0.266 e. The number of anilines is 1. The molecular formula is C26H22Cl2N2O3. The molecule has 0 spiro atoms. The topological polar surface area (TPSA) is 71.3 Å². The summed E-state index contributed by atoms with van der Waals surface area (Å²) in [5, 5.41) is 13.2. The summed E-state index contributed by atoms with van der Waals surface area (Å²) in [6, 6.07) is 19.8.